The molecule has 2 aliphatic rings. The second kappa shape index (κ2) is 4.33. The maximum absolute atomic E-state index is 11.4. The van der Waals surface area contributed by atoms with Crippen LogP contribution in [0.25, 0.3) is 0 Å². The van der Waals surface area contributed by atoms with Gasteiger partial charge in [-0.2, -0.15) is 0 Å². The molecule has 1 aliphatic heterocycles. The van der Waals surface area contributed by atoms with Crippen molar-refractivity contribution < 1.29 is 19.1 Å². The molecule has 1 fully saturated rings. The van der Waals surface area contributed by atoms with Crippen LogP contribution in [0.4, 0.5) is 0 Å². The summed E-state index contributed by atoms with van der Waals surface area (Å²) in [5.41, 5.74) is 0.574. The molecule has 5 heteroatoms. The molecule has 1 amide bonds. The van der Waals surface area contributed by atoms with Crippen LogP contribution in [-0.4, -0.2) is 30.9 Å². The lowest BCUT2D eigenvalue weighted by Gasteiger charge is -2.07. The first-order valence-corrected chi connectivity index (χ1v) is 5.94. The number of carbonyl (C=O) groups excluding carboxylic acids is 2. The number of nitrogens with one attached hydrogen (secondary N) is 1. The van der Waals surface area contributed by atoms with Gasteiger partial charge in [0.1, 0.15) is 11.5 Å². The lowest BCUT2D eigenvalue weighted by atomic mass is 10.1. The van der Waals surface area contributed by atoms with Gasteiger partial charge >= 0.3 is 0 Å². The molecule has 5 nitrogen and oxygen atoms in total. The largest absolute Gasteiger partial charge is 0.485 e. The molecule has 0 atom stereocenters. The fourth-order valence-electron chi connectivity index (χ4n) is 1.81. The van der Waals surface area contributed by atoms with Crippen molar-refractivity contribution in [1.29, 1.82) is 0 Å². The van der Waals surface area contributed by atoms with E-state index in [9.17, 15) is 9.59 Å². The number of ether oxygens (including phenoxy) is 2. The van der Waals surface area contributed by atoms with E-state index in [1.807, 2.05) is 0 Å². The first kappa shape index (κ1) is 11.1. The zero-order valence-corrected chi connectivity index (χ0v) is 9.77. The Balaban J connectivity index is 1.59. The van der Waals surface area contributed by atoms with E-state index >= 15 is 0 Å². The second-order valence-corrected chi connectivity index (χ2v) is 4.50. The van der Waals surface area contributed by atoms with Crippen LogP contribution in [-0.2, 0) is 4.79 Å². The fourth-order valence-corrected chi connectivity index (χ4v) is 1.81. The first-order chi connectivity index (χ1) is 8.72. The van der Waals surface area contributed by atoms with Gasteiger partial charge in [0.25, 0.3) is 5.91 Å². The van der Waals surface area contributed by atoms with E-state index in [4.69, 9.17) is 9.47 Å². The number of amides is 1. The average molecular weight is 247 g/mol. The molecule has 18 heavy (non-hydrogen) atoms. The van der Waals surface area contributed by atoms with Crippen molar-refractivity contribution in [3.05, 3.63) is 23.8 Å². The SMILES string of the molecule is O=C(COc1ccc2c(c1)OCC2=O)NC1CC1. The van der Waals surface area contributed by atoms with Crippen molar-refractivity contribution in [3.8, 4) is 11.5 Å². The minimum atomic E-state index is -0.116. The van der Waals surface area contributed by atoms with E-state index in [-0.39, 0.29) is 24.9 Å². The Labute approximate surface area is 104 Å². The Hall–Kier alpha value is -2.04. The third kappa shape index (κ3) is 2.30. The van der Waals surface area contributed by atoms with Gasteiger partial charge in [0.15, 0.2) is 13.2 Å². The number of ketones is 1. The van der Waals surface area contributed by atoms with E-state index in [1.54, 1.807) is 18.2 Å². The molecular formula is C13H13NO4. The summed E-state index contributed by atoms with van der Waals surface area (Å²) in [5.74, 6) is 0.924. The molecule has 1 aliphatic carbocycles. The fraction of sp³-hybridized carbons (Fsp3) is 0.385. The second-order valence-electron chi connectivity index (χ2n) is 4.50. The zero-order chi connectivity index (χ0) is 12.5. The van der Waals surface area contributed by atoms with Crippen LogP contribution in [0, 0.1) is 0 Å². The van der Waals surface area contributed by atoms with Crippen LogP contribution in [0.15, 0.2) is 18.2 Å². The van der Waals surface area contributed by atoms with E-state index in [0.29, 0.717) is 23.1 Å². The van der Waals surface area contributed by atoms with Crippen molar-refractivity contribution in [2.45, 2.75) is 18.9 Å². The lowest BCUT2D eigenvalue weighted by molar-refractivity contribution is -0.123. The summed E-state index contributed by atoms with van der Waals surface area (Å²) in [6.45, 7) is 0.0736. The van der Waals surface area contributed by atoms with Crippen LogP contribution < -0.4 is 14.8 Å². The first-order valence-electron chi connectivity index (χ1n) is 5.94. The zero-order valence-electron chi connectivity index (χ0n) is 9.77. The van der Waals surface area contributed by atoms with Crippen LogP contribution in [0.3, 0.4) is 0 Å². The summed E-state index contributed by atoms with van der Waals surface area (Å²) < 4.78 is 10.6. The highest BCUT2D eigenvalue weighted by Crippen LogP contribution is 2.29. The molecule has 1 saturated carbocycles. The number of fused-ring (bicyclic) bond motifs is 1. The van der Waals surface area contributed by atoms with E-state index in [0.717, 1.165) is 12.8 Å². The summed E-state index contributed by atoms with van der Waals surface area (Å²) in [7, 11) is 0. The van der Waals surface area contributed by atoms with Crippen molar-refractivity contribution in [3.63, 3.8) is 0 Å². The van der Waals surface area contributed by atoms with Gasteiger partial charge in [0, 0.05) is 12.1 Å². The third-order valence-electron chi connectivity index (χ3n) is 2.92. The number of rotatable bonds is 4. The molecule has 1 N–H and O–H groups in total. The Morgan fingerprint density at radius 3 is 3.06 bits per heavy atom. The van der Waals surface area contributed by atoms with Gasteiger partial charge in [-0.15, -0.1) is 0 Å². The van der Waals surface area contributed by atoms with Gasteiger partial charge in [-0.1, -0.05) is 0 Å². The Bertz CT molecular complexity index is 508. The summed E-state index contributed by atoms with van der Waals surface area (Å²) >= 11 is 0. The quantitative estimate of drug-likeness (QED) is 0.859. The summed E-state index contributed by atoms with van der Waals surface area (Å²) in [6.07, 6.45) is 2.11. The number of benzene rings is 1. The molecule has 94 valence electrons. The van der Waals surface area contributed by atoms with Gasteiger partial charge in [0.05, 0.1) is 5.56 Å². The monoisotopic (exact) mass is 247 g/mol. The van der Waals surface area contributed by atoms with Crippen LogP contribution in [0.5, 0.6) is 11.5 Å². The van der Waals surface area contributed by atoms with Crippen molar-refractivity contribution in [1.82, 2.24) is 5.32 Å². The maximum atomic E-state index is 11.4. The molecule has 0 spiro atoms. The maximum Gasteiger partial charge on any atom is 0.258 e. The van der Waals surface area contributed by atoms with Gasteiger partial charge in [-0.25, -0.2) is 0 Å². The molecular weight excluding hydrogens is 234 g/mol. The smallest absolute Gasteiger partial charge is 0.258 e. The highest BCUT2D eigenvalue weighted by molar-refractivity contribution is 6.02. The summed E-state index contributed by atoms with van der Waals surface area (Å²) in [5, 5.41) is 2.83. The number of hydrogen-bond acceptors (Lipinski definition) is 4. The minimum absolute atomic E-state index is 0.0107. The average Bonchev–Trinajstić information content (AvgIpc) is 3.10. The van der Waals surface area contributed by atoms with Gasteiger partial charge in [-0.3, -0.25) is 9.59 Å². The Morgan fingerprint density at radius 1 is 1.44 bits per heavy atom. The predicted molar refractivity (Wildman–Crippen MR) is 62.9 cm³/mol. The van der Waals surface area contributed by atoms with Gasteiger partial charge in [-0.05, 0) is 25.0 Å². The molecule has 1 heterocycles. The number of hydrogen-bond donors (Lipinski definition) is 1. The number of Topliss-reactive ketones (excluding diaryl/α,β-unsaturated/α-hetero) is 1. The van der Waals surface area contributed by atoms with E-state index in [2.05, 4.69) is 5.32 Å². The van der Waals surface area contributed by atoms with Crippen LogP contribution >= 0.6 is 0 Å². The highest BCUT2D eigenvalue weighted by Gasteiger charge is 2.24. The van der Waals surface area contributed by atoms with Gasteiger partial charge in [0.2, 0.25) is 5.78 Å². The lowest BCUT2D eigenvalue weighted by Crippen LogP contribution is -2.30. The molecule has 3 rings (SSSR count). The molecule has 0 aromatic heterocycles. The summed E-state index contributed by atoms with van der Waals surface area (Å²) in [4.78, 5) is 22.8. The molecule has 0 saturated heterocycles. The normalized spacial score (nSPS) is 17.0. The standard InChI is InChI=1S/C13H13NO4/c15-11-6-18-12-5-9(3-4-10(11)12)17-7-13(16)14-8-1-2-8/h3-5,8H,1-2,6-7H2,(H,14,16). The number of carbonyl (C=O) groups is 2. The third-order valence-corrected chi connectivity index (χ3v) is 2.92. The van der Waals surface area contributed by atoms with Crippen LogP contribution in [0.2, 0.25) is 0 Å². The van der Waals surface area contributed by atoms with Crippen molar-refractivity contribution in [2.24, 2.45) is 0 Å². The van der Waals surface area contributed by atoms with Crippen molar-refractivity contribution >= 4 is 11.7 Å². The Kier molecular flexibility index (Phi) is 2.66. The Morgan fingerprint density at radius 2 is 2.28 bits per heavy atom. The molecule has 0 bridgehead atoms. The van der Waals surface area contributed by atoms with Gasteiger partial charge < -0.3 is 14.8 Å². The molecule has 1 aromatic carbocycles. The molecule has 0 radical (unpaired) electrons. The van der Waals surface area contributed by atoms with E-state index in [1.165, 1.54) is 0 Å². The van der Waals surface area contributed by atoms with Crippen LogP contribution in [0.1, 0.15) is 23.2 Å². The van der Waals surface area contributed by atoms with Crippen molar-refractivity contribution in [2.75, 3.05) is 13.2 Å². The summed E-state index contributed by atoms with van der Waals surface area (Å²) in [6, 6.07) is 5.32. The molecule has 1 aromatic rings. The topological polar surface area (TPSA) is 64.6 Å². The minimum Gasteiger partial charge on any atom is -0.485 e. The predicted octanol–water partition coefficient (Wildman–Crippen LogP) is 0.919. The highest BCUT2D eigenvalue weighted by atomic mass is 16.5. The molecule has 0 unspecified atom stereocenters. The van der Waals surface area contributed by atoms with E-state index < -0.39 is 0 Å².